The van der Waals surface area contributed by atoms with Crippen LogP contribution in [0.4, 0.5) is 0 Å². The normalized spacial score (nSPS) is 23.4. The highest BCUT2D eigenvalue weighted by Crippen LogP contribution is 2.36. The summed E-state index contributed by atoms with van der Waals surface area (Å²) in [6, 6.07) is 9.91. The van der Waals surface area contributed by atoms with Crippen LogP contribution in [0.1, 0.15) is 41.0 Å². The molecule has 0 radical (unpaired) electrons. The molecule has 1 aromatic heterocycles. The number of carbonyl (C=O) groups is 1. The summed E-state index contributed by atoms with van der Waals surface area (Å²) < 4.78 is 1.91. The first-order valence-electron chi connectivity index (χ1n) is 9.20. The zero-order valence-corrected chi connectivity index (χ0v) is 15.1. The molecular formula is C20H26N4O. The van der Waals surface area contributed by atoms with Crippen molar-refractivity contribution in [1.29, 1.82) is 0 Å². The van der Waals surface area contributed by atoms with Gasteiger partial charge in [-0.15, -0.1) is 0 Å². The molecule has 132 valence electrons. The van der Waals surface area contributed by atoms with Crippen molar-refractivity contribution in [3.8, 4) is 5.69 Å². The smallest absolute Gasteiger partial charge is 0.253 e. The van der Waals surface area contributed by atoms with E-state index in [2.05, 4.69) is 21.4 Å². The molecule has 25 heavy (non-hydrogen) atoms. The van der Waals surface area contributed by atoms with Crippen LogP contribution in [0, 0.1) is 19.3 Å². The molecule has 2 aliphatic heterocycles. The summed E-state index contributed by atoms with van der Waals surface area (Å²) in [4.78, 5) is 15.1. The summed E-state index contributed by atoms with van der Waals surface area (Å²) in [5, 5.41) is 8.01. The van der Waals surface area contributed by atoms with Crippen LogP contribution in [0.25, 0.3) is 5.69 Å². The Labute approximate surface area is 149 Å². The zero-order valence-electron chi connectivity index (χ0n) is 15.1. The van der Waals surface area contributed by atoms with E-state index in [9.17, 15) is 4.79 Å². The van der Waals surface area contributed by atoms with Gasteiger partial charge in [-0.05, 0) is 63.9 Å². The highest BCUT2D eigenvalue weighted by Gasteiger charge is 2.39. The van der Waals surface area contributed by atoms with Crippen LogP contribution < -0.4 is 5.32 Å². The van der Waals surface area contributed by atoms with E-state index in [1.54, 1.807) is 0 Å². The molecule has 1 N–H and O–H groups in total. The number of benzene rings is 1. The van der Waals surface area contributed by atoms with Gasteiger partial charge in [0.1, 0.15) is 0 Å². The minimum absolute atomic E-state index is 0.148. The summed E-state index contributed by atoms with van der Waals surface area (Å²) in [6.07, 6.45) is 3.52. The number of carbonyl (C=O) groups excluding carboxylic acids is 1. The molecule has 0 bridgehead atoms. The Bertz CT molecular complexity index is 789. The van der Waals surface area contributed by atoms with Crippen LogP contribution in [0.5, 0.6) is 0 Å². The highest BCUT2D eigenvalue weighted by atomic mass is 16.2. The van der Waals surface area contributed by atoms with Crippen molar-refractivity contribution >= 4 is 5.91 Å². The summed E-state index contributed by atoms with van der Waals surface area (Å²) in [5.74, 6) is 0.148. The number of nitrogens with zero attached hydrogens (tertiary/aromatic N) is 3. The van der Waals surface area contributed by atoms with Crippen molar-refractivity contribution in [1.82, 2.24) is 20.0 Å². The minimum atomic E-state index is 0.148. The maximum atomic E-state index is 13.1. The van der Waals surface area contributed by atoms with Crippen LogP contribution in [0.2, 0.25) is 0 Å². The molecule has 1 amide bonds. The molecule has 5 nitrogen and oxygen atoms in total. The van der Waals surface area contributed by atoms with Gasteiger partial charge < -0.3 is 10.2 Å². The van der Waals surface area contributed by atoms with Gasteiger partial charge in [-0.25, -0.2) is 4.68 Å². The summed E-state index contributed by atoms with van der Waals surface area (Å²) in [5.41, 5.74) is 4.07. The molecule has 0 aliphatic carbocycles. The fourth-order valence-corrected chi connectivity index (χ4v) is 4.37. The van der Waals surface area contributed by atoms with Crippen LogP contribution >= 0.6 is 0 Å². The van der Waals surface area contributed by atoms with Crippen LogP contribution in [-0.4, -0.2) is 46.8 Å². The van der Waals surface area contributed by atoms with E-state index in [-0.39, 0.29) is 5.91 Å². The van der Waals surface area contributed by atoms with Gasteiger partial charge in [-0.3, -0.25) is 4.79 Å². The molecule has 0 unspecified atom stereocenters. The average Bonchev–Trinajstić information content (AvgIpc) is 3.20. The van der Waals surface area contributed by atoms with Crippen LogP contribution in [0.3, 0.4) is 0 Å². The zero-order chi connectivity index (χ0) is 17.4. The van der Waals surface area contributed by atoms with E-state index in [0.717, 1.165) is 55.2 Å². The summed E-state index contributed by atoms with van der Waals surface area (Å²) >= 11 is 0. The molecule has 4 rings (SSSR count). The lowest BCUT2D eigenvalue weighted by Gasteiger charge is -2.40. The predicted molar refractivity (Wildman–Crippen MR) is 98.1 cm³/mol. The molecule has 2 saturated heterocycles. The maximum Gasteiger partial charge on any atom is 0.253 e. The Morgan fingerprint density at radius 1 is 1.24 bits per heavy atom. The van der Waals surface area contributed by atoms with Gasteiger partial charge in [0.2, 0.25) is 0 Å². The lowest BCUT2D eigenvalue weighted by atomic mass is 9.79. The fourth-order valence-electron chi connectivity index (χ4n) is 4.37. The third-order valence-corrected chi connectivity index (χ3v) is 5.63. The molecule has 3 heterocycles. The first-order valence-corrected chi connectivity index (χ1v) is 9.20. The van der Waals surface area contributed by atoms with E-state index < -0.39 is 0 Å². The van der Waals surface area contributed by atoms with Gasteiger partial charge in [-0.2, -0.15) is 5.10 Å². The SMILES string of the molecule is Cc1cc(C)n(-c2cccc(C(=O)N3CCC[C@]4(CCNC4)C3)c2)n1. The van der Waals surface area contributed by atoms with Crippen molar-refractivity contribution in [3.05, 3.63) is 47.3 Å². The molecule has 2 aromatic rings. The predicted octanol–water partition coefficient (Wildman–Crippen LogP) is 2.70. The topological polar surface area (TPSA) is 50.2 Å². The molecular weight excluding hydrogens is 312 g/mol. The Kier molecular flexibility index (Phi) is 4.12. The van der Waals surface area contributed by atoms with Gasteiger partial charge in [-0.1, -0.05) is 6.07 Å². The Morgan fingerprint density at radius 2 is 2.12 bits per heavy atom. The summed E-state index contributed by atoms with van der Waals surface area (Å²) in [6.45, 7) is 7.89. The van der Waals surface area contributed by atoms with Crippen molar-refractivity contribution in [2.75, 3.05) is 26.2 Å². The standard InChI is InChI=1S/C20H26N4O/c1-15-11-16(2)24(22-15)18-6-3-5-17(12-18)19(25)23-10-4-7-20(14-23)8-9-21-13-20/h3,5-6,11-12,21H,4,7-10,13-14H2,1-2H3/t20-/m1/s1. The van der Waals surface area contributed by atoms with Crippen LogP contribution in [-0.2, 0) is 0 Å². The van der Waals surface area contributed by atoms with E-state index in [1.807, 2.05) is 42.8 Å². The van der Waals surface area contributed by atoms with Crippen molar-refractivity contribution < 1.29 is 4.79 Å². The Balaban J connectivity index is 1.58. The maximum absolute atomic E-state index is 13.1. The number of piperidine rings is 1. The van der Waals surface area contributed by atoms with E-state index in [0.29, 0.717) is 5.41 Å². The number of aryl methyl sites for hydroxylation is 2. The molecule has 2 aliphatic rings. The second kappa shape index (κ2) is 6.30. The number of nitrogens with one attached hydrogen (secondary N) is 1. The lowest BCUT2D eigenvalue weighted by molar-refractivity contribution is 0.0553. The van der Waals surface area contributed by atoms with Crippen molar-refractivity contribution in [2.45, 2.75) is 33.1 Å². The molecule has 1 spiro atoms. The molecule has 2 fully saturated rings. The fraction of sp³-hybridized carbons (Fsp3) is 0.500. The molecule has 1 atom stereocenters. The first-order chi connectivity index (χ1) is 12.1. The molecule has 1 aromatic carbocycles. The number of hydrogen-bond acceptors (Lipinski definition) is 3. The van der Waals surface area contributed by atoms with Crippen LogP contribution in [0.15, 0.2) is 30.3 Å². The molecule has 5 heteroatoms. The van der Waals surface area contributed by atoms with E-state index >= 15 is 0 Å². The van der Waals surface area contributed by atoms with Gasteiger partial charge in [0.05, 0.1) is 11.4 Å². The summed E-state index contributed by atoms with van der Waals surface area (Å²) in [7, 11) is 0. The Hall–Kier alpha value is -2.14. The quantitative estimate of drug-likeness (QED) is 0.916. The molecule has 0 saturated carbocycles. The minimum Gasteiger partial charge on any atom is -0.338 e. The second-order valence-corrected chi connectivity index (χ2v) is 7.65. The number of likely N-dealkylation sites (tertiary alicyclic amines) is 1. The average molecular weight is 338 g/mol. The van der Waals surface area contributed by atoms with Gasteiger partial charge >= 0.3 is 0 Å². The monoisotopic (exact) mass is 338 g/mol. The number of aromatic nitrogens is 2. The van der Waals surface area contributed by atoms with Gasteiger partial charge in [0.25, 0.3) is 5.91 Å². The second-order valence-electron chi connectivity index (χ2n) is 7.65. The Morgan fingerprint density at radius 3 is 2.84 bits per heavy atom. The first kappa shape index (κ1) is 16.3. The highest BCUT2D eigenvalue weighted by molar-refractivity contribution is 5.94. The van der Waals surface area contributed by atoms with Gasteiger partial charge in [0.15, 0.2) is 0 Å². The largest absolute Gasteiger partial charge is 0.338 e. The van der Waals surface area contributed by atoms with Crippen molar-refractivity contribution in [2.24, 2.45) is 5.41 Å². The number of amides is 1. The van der Waals surface area contributed by atoms with Gasteiger partial charge in [0, 0.05) is 36.3 Å². The van der Waals surface area contributed by atoms with E-state index in [4.69, 9.17) is 0 Å². The van der Waals surface area contributed by atoms with Crippen molar-refractivity contribution in [3.63, 3.8) is 0 Å². The third kappa shape index (κ3) is 3.09. The third-order valence-electron chi connectivity index (χ3n) is 5.63. The number of hydrogen-bond donors (Lipinski definition) is 1. The lowest BCUT2D eigenvalue weighted by Crippen LogP contribution is -2.47. The number of rotatable bonds is 2. The van der Waals surface area contributed by atoms with E-state index in [1.165, 1.54) is 12.8 Å².